The first kappa shape index (κ1) is 41.1. The number of allylic oxidation sites excluding steroid dienone is 4. The second kappa shape index (κ2) is 17.8. The molecule has 11 nitrogen and oxygen atoms in total. The number of aromatic nitrogens is 1. The molecule has 2 aliphatic rings. The van der Waals surface area contributed by atoms with Crippen molar-refractivity contribution in [2.75, 3.05) is 17.3 Å². The molecule has 1 aliphatic heterocycles. The Hall–Kier alpha value is -6.09. The summed E-state index contributed by atoms with van der Waals surface area (Å²) in [5.41, 5.74) is 8.71. The van der Waals surface area contributed by atoms with E-state index in [4.69, 9.17) is 10.5 Å². The molecule has 5 aromatic rings. The number of ether oxygens (including phenoxy) is 1. The Bertz CT molecular complexity index is 2390. The summed E-state index contributed by atoms with van der Waals surface area (Å²) < 4.78 is 32.9. The molecule has 0 spiro atoms. The number of nitrogens with one attached hydrogen (secondary N) is 2. The molecule has 1 fully saturated rings. The molecule has 2 amide bonds. The van der Waals surface area contributed by atoms with Crippen LogP contribution in [0.2, 0.25) is 0 Å². The fourth-order valence-corrected chi connectivity index (χ4v) is 8.92. The molecule has 7 rings (SSSR count). The SMILES string of the molecule is N[C@@H](Cc1c[nH]c2ccccc12)C(=O)C1(C[C@@H](NC(=O)COc2ccc([C@@H]3[C@@H](SCC(O)c4ccc(F)cc4)C(=O)N3c3ccc(F)cc3)cc2)C(=O)O)C=CC=CC1. The summed E-state index contributed by atoms with van der Waals surface area (Å²) in [5.74, 6) is -3.04. The Morgan fingerprint density at radius 1 is 0.966 bits per heavy atom. The largest absolute Gasteiger partial charge is 0.484 e. The normalized spacial score (nSPS) is 20.1. The highest BCUT2D eigenvalue weighted by Gasteiger charge is 2.49. The van der Waals surface area contributed by atoms with Crippen LogP contribution < -0.4 is 20.7 Å². The van der Waals surface area contributed by atoms with E-state index in [2.05, 4.69) is 10.3 Å². The van der Waals surface area contributed by atoms with Gasteiger partial charge in [-0.2, -0.15) is 0 Å². The lowest BCUT2D eigenvalue weighted by Gasteiger charge is -2.47. The van der Waals surface area contributed by atoms with Crippen LogP contribution in [0.25, 0.3) is 10.9 Å². The molecule has 2 unspecified atom stereocenters. The number of carboxylic acid groups (broad SMARTS) is 1. The summed E-state index contributed by atoms with van der Waals surface area (Å²) in [6.07, 6.45) is 7.98. The van der Waals surface area contributed by atoms with Gasteiger partial charge < -0.3 is 35.9 Å². The zero-order chi connectivity index (χ0) is 41.7. The first-order chi connectivity index (χ1) is 28.4. The lowest BCUT2D eigenvalue weighted by Crippen LogP contribution is -2.57. The van der Waals surface area contributed by atoms with Crippen LogP contribution in [0.3, 0.4) is 0 Å². The predicted octanol–water partition coefficient (Wildman–Crippen LogP) is 6.35. The molecule has 6 N–H and O–H groups in total. The van der Waals surface area contributed by atoms with E-state index >= 15 is 0 Å². The van der Waals surface area contributed by atoms with Crippen molar-refractivity contribution in [3.63, 3.8) is 0 Å². The van der Waals surface area contributed by atoms with Crippen LogP contribution in [0.1, 0.15) is 41.7 Å². The Morgan fingerprint density at radius 3 is 2.34 bits per heavy atom. The topological polar surface area (TPSA) is 175 Å². The molecule has 0 radical (unpaired) electrons. The van der Waals surface area contributed by atoms with Gasteiger partial charge in [-0.25, -0.2) is 13.6 Å². The monoisotopic (exact) mass is 820 g/mol. The molecule has 59 heavy (non-hydrogen) atoms. The smallest absolute Gasteiger partial charge is 0.326 e. The highest BCUT2D eigenvalue weighted by atomic mass is 32.2. The second-order valence-corrected chi connectivity index (χ2v) is 15.8. The van der Waals surface area contributed by atoms with Crippen LogP contribution in [0.5, 0.6) is 5.75 Å². The number of hydrogen-bond acceptors (Lipinski definition) is 8. The molecule has 14 heteroatoms. The van der Waals surface area contributed by atoms with Gasteiger partial charge in [0, 0.05) is 28.5 Å². The summed E-state index contributed by atoms with van der Waals surface area (Å²) in [6.45, 7) is -0.525. The van der Waals surface area contributed by atoms with E-state index in [0.29, 0.717) is 22.6 Å². The number of aliphatic hydroxyl groups excluding tert-OH is 1. The minimum Gasteiger partial charge on any atom is -0.484 e. The van der Waals surface area contributed by atoms with Crippen LogP contribution >= 0.6 is 11.8 Å². The molecular weight excluding hydrogens is 779 g/mol. The number of aliphatic carboxylic acids is 1. The average molecular weight is 821 g/mol. The lowest BCUT2D eigenvalue weighted by molar-refractivity contribution is -0.143. The van der Waals surface area contributed by atoms with Gasteiger partial charge in [0.25, 0.3) is 5.91 Å². The Balaban J connectivity index is 0.992. The molecular formula is C45H42F2N4O7S. The van der Waals surface area contributed by atoms with E-state index < -0.39 is 65.0 Å². The van der Waals surface area contributed by atoms with Crippen molar-refractivity contribution in [3.05, 3.63) is 156 Å². The van der Waals surface area contributed by atoms with Gasteiger partial charge in [-0.15, -0.1) is 11.8 Å². The number of hydrogen-bond donors (Lipinski definition) is 5. The molecule has 2 heterocycles. The maximum atomic E-state index is 14.0. The number of carbonyl (C=O) groups is 4. The van der Waals surface area contributed by atoms with Gasteiger partial charge in [0.15, 0.2) is 12.4 Å². The summed E-state index contributed by atoms with van der Waals surface area (Å²) in [6, 6.07) is 22.5. The molecule has 0 bridgehead atoms. The van der Waals surface area contributed by atoms with Crippen LogP contribution in [-0.2, 0) is 25.6 Å². The van der Waals surface area contributed by atoms with Crippen LogP contribution in [-0.4, -0.2) is 68.5 Å². The Labute approximate surface area is 342 Å². The number of para-hydroxylation sites is 1. The zero-order valence-electron chi connectivity index (χ0n) is 31.7. The number of aromatic amines is 1. The van der Waals surface area contributed by atoms with Crippen molar-refractivity contribution in [1.29, 1.82) is 0 Å². The van der Waals surface area contributed by atoms with Crippen LogP contribution in [0.15, 0.2) is 128 Å². The standard InChI is InChI=1S/C45H42F2N4O7S/c46-30-12-8-27(9-13-30)38(52)26-59-41-40(51(43(41)55)32-16-14-31(47)15-17-32)28-10-18-33(19-11-28)58-25-39(53)50-37(44(56)57)23-45(20-4-1-5-21-45)42(54)35(48)22-29-24-49-36-7-3-2-6-34(29)36/h1-20,24,35,37-38,40-41,49,52H,21-23,25-26,48H2,(H,50,53)(H,56,57)/t35-,37+,38?,40+,41+,45?/m0/s1. The summed E-state index contributed by atoms with van der Waals surface area (Å²) in [5, 5.41) is 23.8. The molecule has 1 saturated heterocycles. The molecule has 1 aromatic heterocycles. The maximum absolute atomic E-state index is 14.0. The number of aliphatic hydroxyl groups is 1. The fraction of sp³-hybridized carbons (Fsp3) is 0.244. The van der Waals surface area contributed by atoms with Gasteiger partial charge in [0.05, 0.1) is 23.6 Å². The van der Waals surface area contributed by atoms with Crippen molar-refractivity contribution in [1.82, 2.24) is 10.3 Å². The van der Waals surface area contributed by atoms with Gasteiger partial charge >= 0.3 is 5.97 Å². The number of H-pyrrole nitrogens is 1. The van der Waals surface area contributed by atoms with Crippen molar-refractivity contribution in [2.24, 2.45) is 11.1 Å². The number of anilines is 1. The number of β-lactam (4-membered cyclic amide) rings is 1. The van der Waals surface area contributed by atoms with Gasteiger partial charge in [0.2, 0.25) is 5.91 Å². The third-order valence-corrected chi connectivity index (χ3v) is 12.0. The number of thioether (sulfide) groups is 1. The third-order valence-electron chi connectivity index (χ3n) is 10.7. The first-order valence-corrected chi connectivity index (χ1v) is 20.1. The number of fused-ring (bicyclic) bond motifs is 1. The molecule has 0 saturated carbocycles. The first-order valence-electron chi connectivity index (χ1n) is 19.0. The third kappa shape index (κ3) is 9.15. The van der Waals surface area contributed by atoms with Crippen LogP contribution in [0, 0.1) is 17.0 Å². The number of carboxylic acids is 1. The maximum Gasteiger partial charge on any atom is 0.326 e. The highest BCUT2D eigenvalue weighted by molar-refractivity contribution is 8.00. The minimum atomic E-state index is -1.43. The molecule has 4 aromatic carbocycles. The number of nitrogens with two attached hydrogens (primary N) is 1. The summed E-state index contributed by atoms with van der Waals surface area (Å²) in [7, 11) is 0. The highest BCUT2D eigenvalue weighted by Crippen LogP contribution is 2.46. The van der Waals surface area contributed by atoms with Crippen LogP contribution in [0.4, 0.5) is 14.5 Å². The van der Waals surface area contributed by atoms with Crippen molar-refractivity contribution in [3.8, 4) is 5.75 Å². The van der Waals surface area contributed by atoms with E-state index in [9.17, 15) is 38.2 Å². The van der Waals surface area contributed by atoms with E-state index in [1.165, 1.54) is 60.3 Å². The summed E-state index contributed by atoms with van der Waals surface area (Å²) in [4.78, 5) is 57.8. The van der Waals surface area contributed by atoms with E-state index in [-0.39, 0.29) is 36.7 Å². The van der Waals surface area contributed by atoms with Crippen molar-refractivity contribution >= 4 is 51.9 Å². The number of halogens is 2. The zero-order valence-corrected chi connectivity index (χ0v) is 32.5. The van der Waals surface area contributed by atoms with Crippen molar-refractivity contribution in [2.45, 2.75) is 48.7 Å². The fourth-order valence-electron chi connectivity index (χ4n) is 7.62. The number of carbonyl (C=O) groups excluding carboxylic acids is 3. The number of ketones is 1. The Morgan fingerprint density at radius 2 is 1.66 bits per heavy atom. The van der Waals surface area contributed by atoms with Crippen molar-refractivity contribution < 1.29 is 42.9 Å². The quantitative estimate of drug-likeness (QED) is 0.0670. The number of amides is 2. The lowest BCUT2D eigenvalue weighted by atomic mass is 9.70. The second-order valence-electron chi connectivity index (χ2n) is 14.7. The predicted molar refractivity (Wildman–Crippen MR) is 221 cm³/mol. The number of nitrogens with zero attached hydrogens (tertiary/aromatic N) is 1. The number of Topliss-reactive ketones (excluding diaryl/α,β-unsaturated/α-hetero) is 1. The summed E-state index contributed by atoms with van der Waals surface area (Å²) >= 11 is 1.25. The number of rotatable bonds is 17. The number of benzene rings is 4. The average Bonchev–Trinajstić information content (AvgIpc) is 3.65. The molecule has 6 atom stereocenters. The van der Waals surface area contributed by atoms with Gasteiger partial charge in [-0.05, 0) is 90.6 Å². The van der Waals surface area contributed by atoms with Gasteiger partial charge in [-0.1, -0.05) is 66.8 Å². The Kier molecular flexibility index (Phi) is 12.4. The molecule has 304 valence electrons. The molecule has 1 aliphatic carbocycles. The minimum absolute atomic E-state index is 0.156. The van der Waals surface area contributed by atoms with E-state index in [0.717, 1.165) is 16.5 Å². The van der Waals surface area contributed by atoms with E-state index in [1.54, 1.807) is 53.5 Å². The van der Waals surface area contributed by atoms with Gasteiger partial charge in [-0.3, -0.25) is 14.4 Å². The van der Waals surface area contributed by atoms with E-state index in [1.807, 2.05) is 30.5 Å². The van der Waals surface area contributed by atoms with Gasteiger partial charge in [0.1, 0.15) is 28.7 Å².